The molecule has 1 aliphatic heterocycles. The number of fused-ring (bicyclic) bond motifs is 1. The van der Waals surface area contributed by atoms with Crippen molar-refractivity contribution in [3.63, 3.8) is 0 Å². The van der Waals surface area contributed by atoms with Gasteiger partial charge in [0.05, 0.1) is 22.7 Å². The lowest BCUT2D eigenvalue weighted by atomic mass is 9.92. The number of nitrogens with zero attached hydrogens (tertiary/aromatic N) is 3. The molecule has 7 nitrogen and oxygen atoms in total. The number of aromatic nitrogens is 3. The van der Waals surface area contributed by atoms with Crippen LogP contribution in [0, 0.1) is 5.92 Å². The number of hydrogen-bond acceptors (Lipinski definition) is 6. The Balaban J connectivity index is 1.39. The van der Waals surface area contributed by atoms with E-state index in [1.54, 1.807) is 17.5 Å². The molecule has 6 rings (SSSR count). The number of nitrogens with one attached hydrogen (secondary N) is 1. The minimum absolute atomic E-state index is 0.169. The van der Waals surface area contributed by atoms with E-state index in [4.69, 9.17) is 9.40 Å². The topological polar surface area (TPSA) is 95.2 Å². The van der Waals surface area contributed by atoms with Gasteiger partial charge in [-0.15, -0.1) is 0 Å². The molecular formula is C24H20N4O3S. The molecule has 1 aromatic carbocycles. The molecule has 1 saturated heterocycles. The molecule has 1 aliphatic carbocycles. The van der Waals surface area contributed by atoms with Crippen molar-refractivity contribution >= 4 is 38.9 Å². The van der Waals surface area contributed by atoms with E-state index >= 15 is 0 Å². The largest absolute Gasteiger partial charge is 0.481 e. The second-order valence-electron chi connectivity index (χ2n) is 8.12. The SMILES string of the molecule is O=C(O)C1CN(c2nc(C3=CCC(c4cnco4)C=C3)c(-c3cccc4[nH]ccc34)s2)C1. The van der Waals surface area contributed by atoms with E-state index < -0.39 is 5.97 Å². The molecule has 0 amide bonds. The van der Waals surface area contributed by atoms with Crippen molar-refractivity contribution in [2.45, 2.75) is 12.3 Å². The first kappa shape index (κ1) is 19.1. The van der Waals surface area contributed by atoms with Gasteiger partial charge in [-0.2, -0.15) is 0 Å². The van der Waals surface area contributed by atoms with Crippen LogP contribution in [0.2, 0.25) is 0 Å². The van der Waals surface area contributed by atoms with Gasteiger partial charge in [0.25, 0.3) is 0 Å². The number of benzene rings is 1. The summed E-state index contributed by atoms with van der Waals surface area (Å²) in [7, 11) is 0. The molecule has 0 radical (unpaired) electrons. The second-order valence-corrected chi connectivity index (χ2v) is 9.10. The van der Waals surface area contributed by atoms with Gasteiger partial charge in [-0.3, -0.25) is 4.79 Å². The van der Waals surface area contributed by atoms with Crippen molar-refractivity contribution in [1.29, 1.82) is 0 Å². The van der Waals surface area contributed by atoms with Crippen LogP contribution in [-0.4, -0.2) is 39.1 Å². The fourth-order valence-electron chi connectivity index (χ4n) is 4.31. The molecule has 1 unspecified atom stereocenters. The van der Waals surface area contributed by atoms with Crippen LogP contribution in [0.4, 0.5) is 5.13 Å². The second kappa shape index (κ2) is 7.49. The quantitative estimate of drug-likeness (QED) is 0.453. The van der Waals surface area contributed by atoms with E-state index in [2.05, 4.69) is 51.3 Å². The van der Waals surface area contributed by atoms with Crippen molar-refractivity contribution in [3.05, 3.63) is 72.7 Å². The first-order valence-electron chi connectivity index (χ1n) is 10.5. The molecule has 4 heterocycles. The smallest absolute Gasteiger partial charge is 0.310 e. The van der Waals surface area contributed by atoms with E-state index in [0.717, 1.165) is 49.9 Å². The number of carbonyl (C=O) groups is 1. The van der Waals surface area contributed by atoms with Crippen LogP contribution in [-0.2, 0) is 4.79 Å². The predicted octanol–water partition coefficient (Wildman–Crippen LogP) is 4.93. The van der Waals surface area contributed by atoms with E-state index in [1.165, 1.54) is 6.39 Å². The molecule has 1 atom stereocenters. The average molecular weight is 445 g/mol. The summed E-state index contributed by atoms with van der Waals surface area (Å²) in [6, 6.07) is 8.32. The third-order valence-corrected chi connectivity index (χ3v) is 7.30. The average Bonchev–Trinajstić information content (AvgIpc) is 3.52. The summed E-state index contributed by atoms with van der Waals surface area (Å²) < 4.78 is 5.47. The van der Waals surface area contributed by atoms with Gasteiger partial charge in [-0.05, 0) is 24.1 Å². The maximum atomic E-state index is 11.3. The molecule has 4 aromatic rings. The third-order valence-electron chi connectivity index (χ3n) is 6.15. The summed E-state index contributed by atoms with van der Waals surface area (Å²) in [5, 5.41) is 11.3. The van der Waals surface area contributed by atoms with E-state index in [9.17, 15) is 9.90 Å². The molecule has 3 aromatic heterocycles. The zero-order valence-corrected chi connectivity index (χ0v) is 17.9. The number of thiazole rings is 1. The molecule has 0 bridgehead atoms. The van der Waals surface area contributed by atoms with Gasteiger partial charge < -0.3 is 19.4 Å². The third kappa shape index (κ3) is 3.15. The van der Waals surface area contributed by atoms with Crippen molar-refractivity contribution in [3.8, 4) is 10.4 Å². The first-order valence-corrected chi connectivity index (χ1v) is 11.3. The highest BCUT2D eigenvalue weighted by molar-refractivity contribution is 7.19. The molecular weight excluding hydrogens is 424 g/mol. The molecule has 160 valence electrons. The number of H-pyrrole nitrogens is 1. The minimum Gasteiger partial charge on any atom is -0.481 e. The highest BCUT2D eigenvalue weighted by atomic mass is 32.1. The zero-order chi connectivity index (χ0) is 21.7. The Kier molecular flexibility index (Phi) is 4.46. The molecule has 0 saturated carbocycles. The number of anilines is 1. The molecule has 0 spiro atoms. The Hall–Kier alpha value is -3.65. The monoisotopic (exact) mass is 444 g/mol. The number of carboxylic acids is 1. The van der Waals surface area contributed by atoms with Crippen LogP contribution >= 0.6 is 11.3 Å². The van der Waals surface area contributed by atoms with Crippen LogP contribution in [0.5, 0.6) is 0 Å². The summed E-state index contributed by atoms with van der Waals surface area (Å²) >= 11 is 1.63. The van der Waals surface area contributed by atoms with Crippen molar-refractivity contribution in [2.75, 3.05) is 18.0 Å². The van der Waals surface area contributed by atoms with Crippen molar-refractivity contribution in [2.24, 2.45) is 5.92 Å². The number of carboxylic acid groups (broad SMARTS) is 1. The molecule has 1 fully saturated rings. The van der Waals surface area contributed by atoms with Gasteiger partial charge in [-0.25, -0.2) is 9.97 Å². The summed E-state index contributed by atoms with van der Waals surface area (Å²) in [5.41, 5.74) is 4.21. The fraction of sp³-hybridized carbons (Fsp3) is 0.208. The van der Waals surface area contributed by atoms with Crippen LogP contribution in [0.3, 0.4) is 0 Å². The molecule has 2 N–H and O–H groups in total. The van der Waals surface area contributed by atoms with Crippen LogP contribution < -0.4 is 4.90 Å². The summed E-state index contributed by atoms with van der Waals surface area (Å²) in [5.74, 6) is -0.0437. The van der Waals surface area contributed by atoms with Gasteiger partial charge in [0.15, 0.2) is 11.5 Å². The Morgan fingerprint density at radius 2 is 2.19 bits per heavy atom. The standard InChI is InChI=1S/C24H20N4O3S/c29-23(30)16-11-28(12-16)24-27-21(15-6-4-14(5-7-15)20-10-25-13-31-20)22(32-24)18-2-1-3-19-17(18)8-9-26-19/h1-4,6-10,13-14,16,26H,5,11-12H2,(H,29,30). The maximum absolute atomic E-state index is 11.3. The summed E-state index contributed by atoms with van der Waals surface area (Å²) in [6.45, 7) is 0.997. The minimum atomic E-state index is -0.744. The molecule has 8 heteroatoms. The predicted molar refractivity (Wildman–Crippen MR) is 124 cm³/mol. The van der Waals surface area contributed by atoms with E-state index in [1.807, 2.05) is 12.3 Å². The molecule has 2 aliphatic rings. The number of aromatic amines is 1. The van der Waals surface area contributed by atoms with Gasteiger partial charge in [-0.1, -0.05) is 41.7 Å². The number of oxazole rings is 1. The lowest BCUT2D eigenvalue weighted by Crippen LogP contribution is -2.50. The Morgan fingerprint density at radius 3 is 2.94 bits per heavy atom. The molecule has 32 heavy (non-hydrogen) atoms. The van der Waals surface area contributed by atoms with Gasteiger partial charge in [0.2, 0.25) is 0 Å². The van der Waals surface area contributed by atoms with Crippen molar-refractivity contribution in [1.82, 2.24) is 15.0 Å². The Bertz CT molecular complexity index is 1360. The van der Waals surface area contributed by atoms with Gasteiger partial charge >= 0.3 is 5.97 Å². The highest BCUT2D eigenvalue weighted by Gasteiger charge is 2.35. The number of allylic oxidation sites excluding steroid dienone is 4. The normalized spacial score (nSPS) is 18.7. The fourth-order valence-corrected chi connectivity index (χ4v) is 5.46. The summed E-state index contributed by atoms with van der Waals surface area (Å²) in [6.07, 6.45) is 12.4. The Labute approximate surface area is 187 Å². The number of hydrogen-bond donors (Lipinski definition) is 2. The van der Waals surface area contributed by atoms with E-state index in [0.29, 0.717) is 13.1 Å². The lowest BCUT2D eigenvalue weighted by molar-refractivity contribution is -0.142. The summed E-state index contributed by atoms with van der Waals surface area (Å²) in [4.78, 5) is 26.7. The van der Waals surface area contributed by atoms with E-state index in [-0.39, 0.29) is 11.8 Å². The first-order chi connectivity index (χ1) is 15.7. The number of rotatable bonds is 5. The van der Waals surface area contributed by atoms with Crippen LogP contribution in [0.15, 0.2) is 65.7 Å². The van der Waals surface area contributed by atoms with Crippen LogP contribution in [0.1, 0.15) is 23.8 Å². The zero-order valence-electron chi connectivity index (χ0n) is 17.1. The van der Waals surface area contributed by atoms with Crippen LogP contribution in [0.25, 0.3) is 26.9 Å². The lowest BCUT2D eigenvalue weighted by Gasteiger charge is -2.36. The van der Waals surface area contributed by atoms with Gasteiger partial charge in [0, 0.05) is 41.7 Å². The highest BCUT2D eigenvalue weighted by Crippen LogP contribution is 2.44. The Morgan fingerprint density at radius 1 is 1.28 bits per heavy atom. The van der Waals surface area contributed by atoms with Gasteiger partial charge in [0.1, 0.15) is 5.76 Å². The maximum Gasteiger partial charge on any atom is 0.310 e. The van der Waals surface area contributed by atoms with Crippen molar-refractivity contribution < 1.29 is 14.3 Å². The number of aliphatic carboxylic acids is 1.